The summed E-state index contributed by atoms with van der Waals surface area (Å²) >= 11 is 0. The van der Waals surface area contributed by atoms with Gasteiger partial charge in [0.2, 0.25) is 0 Å². The number of sulfonamides is 1. The Bertz CT molecular complexity index is 1080. The van der Waals surface area contributed by atoms with Crippen molar-refractivity contribution in [2.24, 2.45) is 0 Å². The maximum absolute atomic E-state index is 13.1. The van der Waals surface area contributed by atoms with Gasteiger partial charge < -0.3 is 14.4 Å². The molecule has 0 amide bonds. The lowest BCUT2D eigenvalue weighted by Gasteiger charge is -2.17. The van der Waals surface area contributed by atoms with Crippen LogP contribution in [0.2, 0.25) is 0 Å². The predicted octanol–water partition coefficient (Wildman–Crippen LogP) is 3.72. The fourth-order valence-electron chi connectivity index (χ4n) is 3.00. The van der Waals surface area contributed by atoms with Crippen LogP contribution in [0.1, 0.15) is 0 Å². The van der Waals surface area contributed by atoms with E-state index in [2.05, 4.69) is 4.72 Å². The monoisotopic (exact) mass is 386 g/mol. The van der Waals surface area contributed by atoms with E-state index in [1.165, 1.54) is 14.2 Å². The third-order valence-electron chi connectivity index (χ3n) is 4.27. The van der Waals surface area contributed by atoms with E-state index in [-0.39, 0.29) is 4.90 Å². The van der Waals surface area contributed by atoms with Gasteiger partial charge in [-0.25, -0.2) is 8.42 Å². The largest absolute Gasteiger partial charge is 0.493 e. The summed E-state index contributed by atoms with van der Waals surface area (Å²) in [5, 5.41) is 1.54. The first-order valence-electron chi connectivity index (χ1n) is 8.31. The van der Waals surface area contributed by atoms with E-state index < -0.39 is 10.0 Å². The molecule has 0 fully saturated rings. The van der Waals surface area contributed by atoms with Crippen LogP contribution in [0, 0.1) is 0 Å². The number of rotatable bonds is 6. The van der Waals surface area contributed by atoms with E-state index in [4.69, 9.17) is 9.47 Å². The molecule has 0 saturated heterocycles. The Morgan fingerprint density at radius 3 is 2.19 bits per heavy atom. The number of ether oxygens (including phenoxy) is 2. The molecule has 0 aromatic heterocycles. The highest BCUT2D eigenvalue weighted by Crippen LogP contribution is 2.33. The minimum atomic E-state index is -3.79. The number of benzene rings is 3. The molecule has 1 N–H and O–H groups in total. The SMILES string of the molecule is COc1ccc(NS(=O)(=O)c2cccc3c(N(C)C)cccc23)cc1OC. The van der Waals surface area contributed by atoms with Gasteiger partial charge in [0.1, 0.15) is 0 Å². The Morgan fingerprint density at radius 1 is 0.852 bits per heavy atom. The lowest BCUT2D eigenvalue weighted by atomic mass is 10.1. The second-order valence-electron chi connectivity index (χ2n) is 6.20. The first kappa shape index (κ1) is 18.8. The third-order valence-corrected chi connectivity index (χ3v) is 5.71. The molecule has 0 heterocycles. The van der Waals surface area contributed by atoms with Crippen molar-refractivity contribution in [3.8, 4) is 11.5 Å². The molecular weight excluding hydrogens is 364 g/mol. The molecule has 0 aliphatic heterocycles. The van der Waals surface area contributed by atoms with E-state index in [1.54, 1.807) is 30.3 Å². The highest BCUT2D eigenvalue weighted by molar-refractivity contribution is 7.93. The molecule has 3 rings (SSSR count). The normalized spacial score (nSPS) is 11.3. The Balaban J connectivity index is 2.07. The molecule has 0 atom stereocenters. The van der Waals surface area contributed by atoms with Crippen LogP contribution in [-0.2, 0) is 10.0 Å². The molecule has 27 heavy (non-hydrogen) atoms. The van der Waals surface area contributed by atoms with Crippen molar-refractivity contribution in [2.45, 2.75) is 4.90 Å². The van der Waals surface area contributed by atoms with Gasteiger partial charge in [-0.2, -0.15) is 0 Å². The van der Waals surface area contributed by atoms with Crippen molar-refractivity contribution in [3.63, 3.8) is 0 Å². The second kappa shape index (κ2) is 7.36. The molecule has 0 aliphatic carbocycles. The minimum absolute atomic E-state index is 0.221. The molecular formula is C20H22N2O4S. The van der Waals surface area contributed by atoms with Crippen LogP contribution in [0.25, 0.3) is 10.8 Å². The van der Waals surface area contributed by atoms with Gasteiger partial charge in [0.05, 0.1) is 24.8 Å². The van der Waals surface area contributed by atoms with Crippen molar-refractivity contribution in [3.05, 3.63) is 54.6 Å². The van der Waals surface area contributed by atoms with Crippen LogP contribution in [0.4, 0.5) is 11.4 Å². The Morgan fingerprint density at radius 2 is 1.52 bits per heavy atom. The van der Waals surface area contributed by atoms with E-state index in [0.29, 0.717) is 22.6 Å². The molecule has 3 aromatic rings. The van der Waals surface area contributed by atoms with Crippen molar-refractivity contribution >= 4 is 32.2 Å². The predicted molar refractivity (Wildman–Crippen MR) is 109 cm³/mol. The lowest BCUT2D eigenvalue weighted by Crippen LogP contribution is -2.14. The second-order valence-corrected chi connectivity index (χ2v) is 7.85. The van der Waals surface area contributed by atoms with Gasteiger partial charge in [-0.1, -0.05) is 24.3 Å². The van der Waals surface area contributed by atoms with Gasteiger partial charge in [0.15, 0.2) is 11.5 Å². The number of nitrogens with zero attached hydrogens (tertiary/aromatic N) is 1. The number of fused-ring (bicyclic) bond motifs is 1. The number of methoxy groups -OCH3 is 2. The Hall–Kier alpha value is -2.93. The number of hydrogen-bond acceptors (Lipinski definition) is 5. The highest BCUT2D eigenvalue weighted by atomic mass is 32.2. The summed E-state index contributed by atoms with van der Waals surface area (Å²) in [5.41, 5.74) is 1.35. The van der Waals surface area contributed by atoms with Crippen LogP contribution < -0.4 is 19.1 Å². The fourth-order valence-corrected chi connectivity index (χ4v) is 4.27. The summed E-state index contributed by atoms with van der Waals surface area (Å²) in [5.74, 6) is 0.978. The zero-order chi connectivity index (χ0) is 19.6. The maximum Gasteiger partial charge on any atom is 0.262 e. The van der Waals surface area contributed by atoms with E-state index in [1.807, 2.05) is 43.3 Å². The first-order chi connectivity index (χ1) is 12.9. The summed E-state index contributed by atoms with van der Waals surface area (Å²) in [6.45, 7) is 0. The quantitative estimate of drug-likeness (QED) is 0.699. The number of hydrogen-bond donors (Lipinski definition) is 1. The average Bonchev–Trinajstić information content (AvgIpc) is 2.66. The van der Waals surface area contributed by atoms with Crippen molar-refractivity contribution in [2.75, 3.05) is 37.9 Å². The summed E-state index contributed by atoms with van der Waals surface area (Å²) in [6, 6.07) is 15.8. The standard InChI is InChI=1S/C20H22N2O4S/c1-22(2)17-9-5-8-16-15(17)7-6-10-20(16)27(23,24)21-14-11-12-18(25-3)19(13-14)26-4/h5-13,21H,1-4H3. The molecule has 0 bridgehead atoms. The van der Waals surface area contributed by atoms with Crippen LogP contribution in [0.3, 0.4) is 0 Å². The van der Waals surface area contributed by atoms with Crippen molar-refractivity contribution < 1.29 is 17.9 Å². The van der Waals surface area contributed by atoms with Crippen LogP contribution >= 0.6 is 0 Å². The van der Waals surface area contributed by atoms with Gasteiger partial charge in [-0.05, 0) is 24.3 Å². The Labute approximate surface area is 159 Å². The molecule has 0 saturated carbocycles. The summed E-state index contributed by atoms with van der Waals surface area (Å²) in [7, 11) is 3.10. The molecule has 0 unspecified atom stereocenters. The lowest BCUT2D eigenvalue weighted by molar-refractivity contribution is 0.355. The van der Waals surface area contributed by atoms with E-state index >= 15 is 0 Å². The van der Waals surface area contributed by atoms with Crippen molar-refractivity contribution in [1.82, 2.24) is 0 Å². The summed E-state index contributed by atoms with van der Waals surface area (Å²) < 4.78 is 39.2. The van der Waals surface area contributed by atoms with Gasteiger partial charge in [0, 0.05) is 36.6 Å². The zero-order valence-electron chi connectivity index (χ0n) is 15.7. The third kappa shape index (κ3) is 3.64. The minimum Gasteiger partial charge on any atom is -0.493 e. The summed E-state index contributed by atoms with van der Waals surface area (Å²) in [4.78, 5) is 2.18. The smallest absolute Gasteiger partial charge is 0.262 e. The Kier molecular flexibility index (Phi) is 5.14. The summed E-state index contributed by atoms with van der Waals surface area (Å²) in [6.07, 6.45) is 0. The van der Waals surface area contributed by atoms with Gasteiger partial charge in [-0.3, -0.25) is 4.72 Å². The molecule has 0 spiro atoms. The molecule has 142 valence electrons. The van der Waals surface area contributed by atoms with Crippen LogP contribution in [0.15, 0.2) is 59.5 Å². The highest BCUT2D eigenvalue weighted by Gasteiger charge is 2.19. The van der Waals surface area contributed by atoms with Crippen LogP contribution in [0.5, 0.6) is 11.5 Å². The zero-order valence-corrected chi connectivity index (χ0v) is 16.5. The molecule has 0 aliphatic rings. The molecule has 0 radical (unpaired) electrons. The van der Waals surface area contributed by atoms with Gasteiger partial charge in [-0.15, -0.1) is 0 Å². The molecule has 7 heteroatoms. The maximum atomic E-state index is 13.1. The topological polar surface area (TPSA) is 67.9 Å². The number of nitrogens with one attached hydrogen (secondary N) is 1. The van der Waals surface area contributed by atoms with Gasteiger partial charge >= 0.3 is 0 Å². The average molecular weight is 386 g/mol. The molecule has 3 aromatic carbocycles. The van der Waals surface area contributed by atoms with E-state index in [9.17, 15) is 8.42 Å². The van der Waals surface area contributed by atoms with Gasteiger partial charge in [0.25, 0.3) is 10.0 Å². The van der Waals surface area contributed by atoms with E-state index in [0.717, 1.165) is 11.1 Å². The molecule has 6 nitrogen and oxygen atoms in total. The first-order valence-corrected chi connectivity index (χ1v) is 9.79. The van der Waals surface area contributed by atoms with Crippen molar-refractivity contribution in [1.29, 1.82) is 0 Å². The fraction of sp³-hybridized carbons (Fsp3) is 0.200. The van der Waals surface area contributed by atoms with Crippen LogP contribution in [-0.4, -0.2) is 36.7 Å². The number of anilines is 2.